The third kappa shape index (κ3) is 6.36. The number of amides is 1. The van der Waals surface area contributed by atoms with E-state index in [-0.39, 0.29) is 16.8 Å². The molecule has 3 aromatic rings. The van der Waals surface area contributed by atoms with Crippen molar-refractivity contribution in [2.45, 2.75) is 68.7 Å². The van der Waals surface area contributed by atoms with Gasteiger partial charge >= 0.3 is 0 Å². The van der Waals surface area contributed by atoms with E-state index in [0.29, 0.717) is 35.7 Å². The van der Waals surface area contributed by atoms with Crippen LogP contribution in [0.1, 0.15) is 54.5 Å². The van der Waals surface area contributed by atoms with Gasteiger partial charge in [0.2, 0.25) is 15.9 Å². The molecule has 39 heavy (non-hydrogen) atoms. The number of carbonyl (C=O) groups is 1. The third-order valence-corrected chi connectivity index (χ3v) is 9.40. The third-order valence-electron chi connectivity index (χ3n) is 7.71. The zero-order chi connectivity index (χ0) is 27.6. The summed E-state index contributed by atoms with van der Waals surface area (Å²) < 4.78 is 29.1. The van der Waals surface area contributed by atoms with E-state index in [1.54, 1.807) is 30.3 Å². The first kappa shape index (κ1) is 27.8. The molecule has 0 aromatic heterocycles. The molecule has 0 bridgehead atoms. The van der Waals surface area contributed by atoms with Crippen molar-refractivity contribution in [1.82, 2.24) is 9.62 Å². The second-order valence-electron chi connectivity index (χ2n) is 10.4. The Morgan fingerprint density at radius 3 is 2.59 bits per heavy atom. The van der Waals surface area contributed by atoms with E-state index in [1.807, 2.05) is 43.3 Å². The number of hydrogen-bond donors (Lipinski definition) is 3. The van der Waals surface area contributed by atoms with Gasteiger partial charge in [0.25, 0.3) is 0 Å². The predicted molar refractivity (Wildman–Crippen MR) is 153 cm³/mol. The van der Waals surface area contributed by atoms with Crippen molar-refractivity contribution in [2.75, 3.05) is 11.9 Å². The van der Waals surface area contributed by atoms with Crippen LogP contribution in [0.5, 0.6) is 0 Å². The molecule has 0 unspecified atom stereocenters. The van der Waals surface area contributed by atoms with E-state index in [1.165, 1.54) is 0 Å². The summed E-state index contributed by atoms with van der Waals surface area (Å²) in [5, 5.41) is 14.5. The minimum atomic E-state index is -3.86. The molecule has 3 N–H and O–H groups in total. The van der Waals surface area contributed by atoms with Gasteiger partial charge in [0.05, 0.1) is 23.1 Å². The van der Waals surface area contributed by atoms with Crippen LogP contribution in [0.3, 0.4) is 0 Å². The second kappa shape index (κ2) is 11.8. The average Bonchev–Trinajstić information content (AvgIpc) is 3.38. The lowest BCUT2D eigenvalue weighted by Crippen LogP contribution is -2.40. The van der Waals surface area contributed by atoms with Crippen LogP contribution >= 0.6 is 11.6 Å². The molecule has 3 atom stereocenters. The van der Waals surface area contributed by atoms with Gasteiger partial charge in [-0.2, -0.15) is 0 Å². The molecule has 9 heteroatoms. The summed E-state index contributed by atoms with van der Waals surface area (Å²) in [5.41, 5.74) is 4.33. The Kier molecular flexibility index (Phi) is 8.40. The highest BCUT2D eigenvalue weighted by molar-refractivity contribution is 7.89. The molecule has 3 aromatic carbocycles. The first-order chi connectivity index (χ1) is 18.7. The highest BCUT2D eigenvalue weighted by Crippen LogP contribution is 2.34. The molecule has 0 saturated carbocycles. The first-order valence-corrected chi connectivity index (χ1v) is 15.3. The molecule has 1 saturated heterocycles. The molecule has 1 amide bonds. The fourth-order valence-electron chi connectivity index (χ4n) is 5.56. The molecule has 206 valence electrons. The number of aryl methyl sites for hydroxylation is 2. The van der Waals surface area contributed by atoms with Gasteiger partial charge < -0.3 is 10.4 Å². The zero-order valence-electron chi connectivity index (χ0n) is 21.9. The monoisotopic (exact) mass is 567 g/mol. The highest BCUT2D eigenvalue weighted by Gasteiger charge is 2.34. The van der Waals surface area contributed by atoms with Crippen molar-refractivity contribution >= 4 is 33.2 Å². The minimum Gasteiger partial charge on any atom is -0.391 e. The molecular formula is C30H34ClN3O4S. The smallest absolute Gasteiger partial charge is 0.241 e. The fraction of sp³-hybridized carbons (Fsp3) is 0.367. The Balaban J connectivity index is 1.33. The summed E-state index contributed by atoms with van der Waals surface area (Å²) in [6.45, 7) is 3.47. The van der Waals surface area contributed by atoms with Gasteiger partial charge in [0, 0.05) is 17.3 Å². The fourth-order valence-corrected chi connectivity index (χ4v) is 7.02. The van der Waals surface area contributed by atoms with Crippen molar-refractivity contribution in [1.29, 1.82) is 0 Å². The van der Waals surface area contributed by atoms with E-state index in [4.69, 9.17) is 11.6 Å². The summed E-state index contributed by atoms with van der Waals surface area (Å²) in [6, 6.07) is 18.9. The van der Waals surface area contributed by atoms with E-state index in [0.717, 1.165) is 42.5 Å². The molecule has 5 rings (SSSR count). The Morgan fingerprint density at radius 1 is 1.05 bits per heavy atom. The maximum atomic E-state index is 13.3. The van der Waals surface area contributed by atoms with Crippen molar-refractivity contribution < 1.29 is 18.3 Å². The Labute approximate surface area is 235 Å². The summed E-state index contributed by atoms with van der Waals surface area (Å²) in [4.78, 5) is 15.6. The van der Waals surface area contributed by atoms with Crippen molar-refractivity contribution in [3.05, 3.63) is 94.0 Å². The molecule has 0 radical (unpaired) electrons. The molecule has 1 fully saturated rings. The largest absolute Gasteiger partial charge is 0.391 e. The van der Waals surface area contributed by atoms with Crippen molar-refractivity contribution in [3.63, 3.8) is 0 Å². The Bertz CT molecular complexity index is 1440. The van der Waals surface area contributed by atoms with Crippen LogP contribution in [0.25, 0.3) is 0 Å². The molecule has 0 spiro atoms. The second-order valence-corrected chi connectivity index (χ2v) is 12.5. The SMILES string of the molecule is CCc1ccc(S(=O)(=O)N[C@@H]2c3cc(NC(=O)[C@H]4CCCN4Cc4cccc(Cl)c4)ccc3CC[C@H]2O)cc1. The molecule has 1 aliphatic heterocycles. The topological polar surface area (TPSA) is 98.7 Å². The molecule has 1 aliphatic carbocycles. The van der Waals surface area contributed by atoms with Gasteiger partial charge in [-0.25, -0.2) is 13.1 Å². The maximum Gasteiger partial charge on any atom is 0.241 e. The number of likely N-dealkylation sites (tertiary alicyclic amines) is 1. The van der Waals surface area contributed by atoms with Crippen LogP contribution in [-0.2, 0) is 34.2 Å². The highest BCUT2D eigenvalue weighted by atomic mass is 35.5. The number of hydrogen-bond acceptors (Lipinski definition) is 5. The zero-order valence-corrected chi connectivity index (χ0v) is 23.5. The number of rotatable bonds is 8. The molecule has 2 aliphatic rings. The van der Waals surface area contributed by atoms with Crippen LogP contribution < -0.4 is 10.0 Å². The number of benzene rings is 3. The number of aliphatic hydroxyl groups excluding tert-OH is 1. The van der Waals surface area contributed by atoms with Gasteiger partial charge in [0.1, 0.15) is 0 Å². The van der Waals surface area contributed by atoms with Gasteiger partial charge in [-0.05, 0) is 97.3 Å². The lowest BCUT2D eigenvalue weighted by atomic mass is 9.86. The average molecular weight is 568 g/mol. The lowest BCUT2D eigenvalue weighted by Gasteiger charge is -2.31. The molecular weight excluding hydrogens is 534 g/mol. The quantitative estimate of drug-likeness (QED) is 0.362. The number of nitrogens with one attached hydrogen (secondary N) is 2. The predicted octanol–water partition coefficient (Wildman–Crippen LogP) is 4.83. The van der Waals surface area contributed by atoms with E-state index in [9.17, 15) is 18.3 Å². The van der Waals surface area contributed by atoms with Crippen LogP contribution in [0, 0.1) is 0 Å². The summed E-state index contributed by atoms with van der Waals surface area (Å²) >= 11 is 6.15. The van der Waals surface area contributed by atoms with Crippen LogP contribution in [0.4, 0.5) is 5.69 Å². The number of sulfonamides is 1. The van der Waals surface area contributed by atoms with Crippen LogP contribution in [0.2, 0.25) is 5.02 Å². The number of fused-ring (bicyclic) bond motifs is 1. The molecule has 7 nitrogen and oxygen atoms in total. The maximum absolute atomic E-state index is 13.3. The Morgan fingerprint density at radius 2 is 1.85 bits per heavy atom. The van der Waals surface area contributed by atoms with Gasteiger partial charge in [-0.3, -0.25) is 9.69 Å². The van der Waals surface area contributed by atoms with E-state index in [2.05, 4.69) is 14.9 Å². The number of carbonyl (C=O) groups excluding carboxylic acids is 1. The summed E-state index contributed by atoms with van der Waals surface area (Å²) in [7, 11) is -3.86. The minimum absolute atomic E-state index is 0.0982. The van der Waals surface area contributed by atoms with Crippen LogP contribution in [-0.4, -0.2) is 43.0 Å². The van der Waals surface area contributed by atoms with Crippen molar-refractivity contribution in [2.24, 2.45) is 0 Å². The van der Waals surface area contributed by atoms with E-state index >= 15 is 0 Å². The number of aliphatic hydroxyl groups is 1. The van der Waals surface area contributed by atoms with Gasteiger partial charge in [-0.15, -0.1) is 0 Å². The summed E-state index contributed by atoms with van der Waals surface area (Å²) in [5.74, 6) is -0.0982. The normalized spacial score (nSPS) is 21.5. The van der Waals surface area contributed by atoms with Gasteiger partial charge in [-0.1, -0.05) is 48.9 Å². The molecule has 1 heterocycles. The first-order valence-electron chi connectivity index (χ1n) is 13.4. The number of halogens is 1. The standard InChI is InChI=1S/C30H34ClN3O4S/c1-2-20-8-13-25(14-9-20)39(37,38)33-29-26-18-24(12-10-22(26)11-15-28(29)35)32-30(36)27-7-4-16-34(27)19-21-5-3-6-23(31)17-21/h3,5-6,8-10,12-14,17-18,27-29,33,35H,2,4,7,11,15-16,19H2,1H3,(H,32,36)/t27-,28-,29-/m1/s1. The van der Waals surface area contributed by atoms with E-state index < -0.39 is 22.2 Å². The summed E-state index contributed by atoms with van der Waals surface area (Å²) in [6.07, 6.45) is 2.70. The number of nitrogens with zero attached hydrogens (tertiary/aromatic N) is 1. The lowest BCUT2D eigenvalue weighted by molar-refractivity contribution is -0.120. The Hall–Kier alpha value is -2.75. The number of anilines is 1. The van der Waals surface area contributed by atoms with Crippen LogP contribution in [0.15, 0.2) is 71.6 Å². The van der Waals surface area contributed by atoms with Gasteiger partial charge in [0.15, 0.2) is 0 Å². The van der Waals surface area contributed by atoms with Crippen molar-refractivity contribution in [3.8, 4) is 0 Å².